The van der Waals surface area contributed by atoms with Crippen molar-refractivity contribution < 1.29 is 5.11 Å². The van der Waals surface area contributed by atoms with Gasteiger partial charge in [0.05, 0.1) is 0 Å². The van der Waals surface area contributed by atoms with E-state index in [-0.39, 0.29) is 0 Å². The minimum atomic E-state index is 0.340. The maximum atomic E-state index is 9.98. The van der Waals surface area contributed by atoms with Crippen LogP contribution in [0.2, 0.25) is 0 Å². The summed E-state index contributed by atoms with van der Waals surface area (Å²) < 4.78 is 0. The van der Waals surface area contributed by atoms with Gasteiger partial charge in [-0.05, 0) is 61.4 Å². The zero-order valence-electron chi connectivity index (χ0n) is 12.7. The number of hydrogen-bond donors (Lipinski definition) is 1. The van der Waals surface area contributed by atoms with E-state index in [2.05, 4.69) is 29.7 Å². The molecule has 112 valence electrons. The minimum absolute atomic E-state index is 0.340. The van der Waals surface area contributed by atoms with Crippen molar-refractivity contribution in [3.05, 3.63) is 42.0 Å². The van der Waals surface area contributed by atoms with Crippen LogP contribution in [0, 0.1) is 5.92 Å². The predicted molar refractivity (Wildman–Crippen MR) is 85.6 cm³/mol. The molecule has 2 nitrogen and oxygen atoms in total. The number of piperidine rings is 1. The van der Waals surface area contributed by atoms with Crippen molar-refractivity contribution >= 4 is 0 Å². The van der Waals surface area contributed by atoms with Crippen molar-refractivity contribution in [1.29, 1.82) is 0 Å². The van der Waals surface area contributed by atoms with E-state index in [0.717, 1.165) is 18.9 Å². The summed E-state index contributed by atoms with van der Waals surface area (Å²) in [6.45, 7) is 6.15. The Balaban J connectivity index is 1.83. The number of phenols is 1. The molecule has 2 fully saturated rings. The number of nitrogens with zero attached hydrogens (tertiary/aromatic N) is 1. The average molecular weight is 283 g/mol. The van der Waals surface area contributed by atoms with Gasteiger partial charge in [-0.1, -0.05) is 25.0 Å². The Bertz CT molecular complexity index is 567. The Morgan fingerprint density at radius 3 is 3.10 bits per heavy atom. The Morgan fingerprint density at radius 2 is 2.24 bits per heavy atom. The molecular formula is C19H25NO. The fraction of sp³-hybridized carbons (Fsp3) is 0.579. The van der Waals surface area contributed by atoms with Crippen molar-refractivity contribution in [2.75, 3.05) is 13.1 Å². The lowest BCUT2D eigenvalue weighted by molar-refractivity contribution is -0.00517. The van der Waals surface area contributed by atoms with Gasteiger partial charge in [-0.15, -0.1) is 6.58 Å². The van der Waals surface area contributed by atoms with Gasteiger partial charge in [0.15, 0.2) is 0 Å². The van der Waals surface area contributed by atoms with Crippen LogP contribution in [0.25, 0.3) is 0 Å². The van der Waals surface area contributed by atoms with Crippen LogP contribution in [0.15, 0.2) is 30.9 Å². The summed E-state index contributed by atoms with van der Waals surface area (Å²) in [7, 11) is 0. The smallest absolute Gasteiger partial charge is 0.115 e. The van der Waals surface area contributed by atoms with Gasteiger partial charge in [-0.2, -0.15) is 0 Å². The number of benzene rings is 1. The molecule has 4 rings (SSSR count). The Labute approximate surface area is 127 Å². The molecule has 2 bridgehead atoms. The number of phenolic OH excluding ortho intramolecular Hbond substituents is 1. The average Bonchev–Trinajstić information content (AvgIpc) is 2.51. The lowest BCUT2D eigenvalue weighted by Crippen LogP contribution is -2.60. The molecule has 0 aromatic heterocycles. The summed E-state index contributed by atoms with van der Waals surface area (Å²) in [5, 5.41) is 9.98. The van der Waals surface area contributed by atoms with E-state index in [4.69, 9.17) is 0 Å². The van der Waals surface area contributed by atoms with Gasteiger partial charge >= 0.3 is 0 Å². The monoisotopic (exact) mass is 283 g/mol. The van der Waals surface area contributed by atoms with E-state index in [0.29, 0.717) is 17.2 Å². The second-order valence-corrected chi connectivity index (χ2v) is 7.15. The van der Waals surface area contributed by atoms with Crippen LogP contribution in [0.3, 0.4) is 0 Å². The second kappa shape index (κ2) is 4.88. The normalized spacial score (nSPS) is 34.9. The van der Waals surface area contributed by atoms with Crippen LogP contribution in [0.5, 0.6) is 5.75 Å². The Kier molecular flexibility index (Phi) is 3.11. The molecule has 0 radical (unpaired) electrons. The van der Waals surface area contributed by atoms with Crippen LogP contribution >= 0.6 is 0 Å². The van der Waals surface area contributed by atoms with E-state index in [1.807, 2.05) is 6.07 Å². The molecule has 1 N–H and O–H groups in total. The fourth-order valence-corrected chi connectivity index (χ4v) is 5.47. The summed E-state index contributed by atoms with van der Waals surface area (Å²) in [4.78, 5) is 2.65. The molecule has 1 saturated carbocycles. The number of rotatable bonds is 2. The highest BCUT2D eigenvalue weighted by Crippen LogP contribution is 2.56. The van der Waals surface area contributed by atoms with Gasteiger partial charge in [-0.25, -0.2) is 0 Å². The van der Waals surface area contributed by atoms with E-state index in [9.17, 15) is 5.11 Å². The van der Waals surface area contributed by atoms with Crippen molar-refractivity contribution in [1.82, 2.24) is 4.90 Å². The molecule has 3 atom stereocenters. The molecule has 1 saturated heterocycles. The lowest BCUT2D eigenvalue weighted by atomic mass is 9.52. The summed E-state index contributed by atoms with van der Waals surface area (Å²) in [6, 6.07) is 6.79. The van der Waals surface area contributed by atoms with Gasteiger partial charge in [0.25, 0.3) is 0 Å². The summed E-state index contributed by atoms with van der Waals surface area (Å²) >= 11 is 0. The lowest BCUT2D eigenvalue weighted by Gasteiger charge is -2.59. The molecule has 1 aromatic carbocycles. The first-order chi connectivity index (χ1) is 10.2. The third-order valence-corrected chi connectivity index (χ3v) is 6.30. The zero-order chi connectivity index (χ0) is 14.4. The SMILES string of the molecule is C=CCN1CC[C@@]23CCCC[C@@H]2[C@H]1Cc1ccc(O)cc13. The van der Waals surface area contributed by atoms with Gasteiger partial charge in [0.1, 0.15) is 5.75 Å². The van der Waals surface area contributed by atoms with Crippen molar-refractivity contribution in [2.24, 2.45) is 5.92 Å². The number of aromatic hydroxyl groups is 1. The maximum Gasteiger partial charge on any atom is 0.115 e. The van der Waals surface area contributed by atoms with Crippen LogP contribution in [0.1, 0.15) is 43.2 Å². The summed E-state index contributed by atoms with van der Waals surface area (Å²) in [6.07, 6.45) is 9.84. The molecule has 1 aromatic rings. The zero-order valence-corrected chi connectivity index (χ0v) is 12.7. The number of hydrogen-bond acceptors (Lipinski definition) is 2. The van der Waals surface area contributed by atoms with Crippen molar-refractivity contribution in [2.45, 2.75) is 50.0 Å². The minimum Gasteiger partial charge on any atom is -0.508 e. The third-order valence-electron chi connectivity index (χ3n) is 6.30. The quantitative estimate of drug-likeness (QED) is 0.838. The third kappa shape index (κ3) is 1.88. The topological polar surface area (TPSA) is 23.5 Å². The van der Waals surface area contributed by atoms with Crippen molar-refractivity contribution in [3.63, 3.8) is 0 Å². The van der Waals surface area contributed by atoms with Gasteiger partial charge in [-0.3, -0.25) is 4.90 Å². The largest absolute Gasteiger partial charge is 0.508 e. The van der Waals surface area contributed by atoms with Crippen LogP contribution in [-0.4, -0.2) is 29.1 Å². The molecular weight excluding hydrogens is 258 g/mol. The molecule has 2 heteroatoms. The summed E-state index contributed by atoms with van der Waals surface area (Å²) in [5.74, 6) is 1.22. The van der Waals surface area contributed by atoms with Gasteiger partial charge in [0, 0.05) is 18.0 Å². The molecule has 3 aliphatic rings. The Morgan fingerprint density at radius 1 is 1.33 bits per heavy atom. The number of likely N-dealkylation sites (tertiary alicyclic amines) is 1. The fourth-order valence-electron chi connectivity index (χ4n) is 5.47. The van der Waals surface area contributed by atoms with Gasteiger partial charge < -0.3 is 5.11 Å². The molecule has 1 aliphatic heterocycles. The van der Waals surface area contributed by atoms with Crippen LogP contribution < -0.4 is 0 Å². The van der Waals surface area contributed by atoms with E-state index in [1.165, 1.54) is 49.8 Å². The highest BCUT2D eigenvalue weighted by molar-refractivity contribution is 5.45. The first kappa shape index (κ1) is 13.4. The standard InChI is InChI=1S/C19H25NO/c1-2-10-20-11-9-19-8-4-3-5-16(19)18(20)12-14-6-7-15(21)13-17(14)19/h2,6-7,13,16,18,21H,1,3-5,8-12H2/t16-,18-,19+/m1/s1. The molecule has 0 amide bonds. The highest BCUT2D eigenvalue weighted by atomic mass is 16.3. The van der Waals surface area contributed by atoms with Gasteiger partial charge in [0.2, 0.25) is 0 Å². The van der Waals surface area contributed by atoms with Crippen LogP contribution in [-0.2, 0) is 11.8 Å². The van der Waals surface area contributed by atoms with E-state index >= 15 is 0 Å². The second-order valence-electron chi connectivity index (χ2n) is 7.15. The van der Waals surface area contributed by atoms with E-state index < -0.39 is 0 Å². The van der Waals surface area contributed by atoms with Crippen LogP contribution in [0.4, 0.5) is 0 Å². The summed E-state index contributed by atoms with van der Waals surface area (Å²) in [5.41, 5.74) is 3.29. The maximum absolute atomic E-state index is 9.98. The molecule has 0 unspecified atom stereocenters. The first-order valence-electron chi connectivity index (χ1n) is 8.42. The molecule has 21 heavy (non-hydrogen) atoms. The number of fused-ring (bicyclic) bond motifs is 1. The predicted octanol–water partition coefficient (Wildman–Crippen LogP) is 3.64. The Hall–Kier alpha value is -1.28. The highest BCUT2D eigenvalue weighted by Gasteiger charge is 2.53. The first-order valence-corrected chi connectivity index (χ1v) is 8.42. The van der Waals surface area contributed by atoms with E-state index in [1.54, 1.807) is 0 Å². The molecule has 1 heterocycles. The molecule has 2 aliphatic carbocycles. The van der Waals surface area contributed by atoms with Crippen molar-refractivity contribution in [3.8, 4) is 5.75 Å². The molecule has 0 spiro atoms.